The summed E-state index contributed by atoms with van der Waals surface area (Å²) < 4.78 is 45.4. The molecular formula is C33H44F3N5O3. The van der Waals surface area contributed by atoms with E-state index in [1.807, 2.05) is 55.3 Å². The van der Waals surface area contributed by atoms with Crippen molar-refractivity contribution < 1.29 is 27.5 Å². The highest BCUT2D eigenvalue weighted by molar-refractivity contribution is 5.99. The molecule has 240 valence electrons. The third-order valence-corrected chi connectivity index (χ3v) is 9.39. The Morgan fingerprint density at radius 1 is 0.977 bits per heavy atom. The van der Waals surface area contributed by atoms with Gasteiger partial charge in [-0.05, 0) is 83.3 Å². The van der Waals surface area contributed by atoms with Crippen molar-refractivity contribution in [3.63, 3.8) is 0 Å². The Hall–Kier alpha value is -3.34. The number of anilines is 1. The molecule has 2 amide bonds. The summed E-state index contributed by atoms with van der Waals surface area (Å²) in [5.41, 5.74) is 2.50. The summed E-state index contributed by atoms with van der Waals surface area (Å²) in [6.45, 7) is 7.57. The van der Waals surface area contributed by atoms with E-state index in [9.17, 15) is 22.8 Å². The topological polar surface area (TPSA) is 78.0 Å². The van der Waals surface area contributed by atoms with Crippen molar-refractivity contribution in [3.8, 4) is 17.0 Å². The number of carbonyl (C=O) groups is 2. The van der Waals surface area contributed by atoms with Gasteiger partial charge in [-0.15, -0.1) is 0 Å². The summed E-state index contributed by atoms with van der Waals surface area (Å²) in [7, 11) is 2.04. The van der Waals surface area contributed by atoms with Crippen LogP contribution in [-0.4, -0.2) is 91.2 Å². The Labute approximate surface area is 257 Å². The number of nitrogens with one attached hydrogen (secondary N) is 1. The number of likely N-dealkylation sites (tertiary alicyclic amines) is 1. The average Bonchev–Trinajstić information content (AvgIpc) is 3.44. The van der Waals surface area contributed by atoms with Crippen molar-refractivity contribution in [2.24, 2.45) is 11.8 Å². The van der Waals surface area contributed by atoms with Gasteiger partial charge >= 0.3 is 6.18 Å². The molecule has 3 aliphatic rings. The summed E-state index contributed by atoms with van der Waals surface area (Å²) in [4.78, 5) is 38.4. The molecule has 5 rings (SSSR count). The van der Waals surface area contributed by atoms with E-state index < -0.39 is 12.1 Å². The number of ether oxygens (including phenoxy) is 1. The molecule has 2 atom stereocenters. The summed E-state index contributed by atoms with van der Waals surface area (Å²) in [5, 5.41) is 3.19. The summed E-state index contributed by atoms with van der Waals surface area (Å²) in [5.74, 6) is -1.26. The van der Waals surface area contributed by atoms with Crippen LogP contribution in [0.15, 0.2) is 36.4 Å². The summed E-state index contributed by atoms with van der Waals surface area (Å²) in [6.07, 6.45) is -2.03. The van der Waals surface area contributed by atoms with E-state index in [0.717, 1.165) is 37.2 Å². The van der Waals surface area contributed by atoms with Crippen LogP contribution in [0, 0.1) is 11.8 Å². The van der Waals surface area contributed by atoms with Crippen LogP contribution in [0.1, 0.15) is 62.9 Å². The van der Waals surface area contributed by atoms with Crippen LogP contribution < -0.4 is 15.0 Å². The quantitative estimate of drug-likeness (QED) is 0.430. The number of pyridine rings is 1. The van der Waals surface area contributed by atoms with E-state index in [0.29, 0.717) is 43.4 Å². The lowest BCUT2D eigenvalue weighted by molar-refractivity contribution is -0.185. The largest absolute Gasteiger partial charge is 0.493 e. The van der Waals surface area contributed by atoms with Gasteiger partial charge in [-0.25, -0.2) is 4.98 Å². The third-order valence-electron chi connectivity index (χ3n) is 9.39. The number of piperazine rings is 1. The molecule has 0 spiro atoms. The van der Waals surface area contributed by atoms with Crippen LogP contribution in [0.4, 0.5) is 18.9 Å². The molecule has 1 aliphatic carbocycles. The molecule has 0 bridgehead atoms. The highest BCUT2D eigenvalue weighted by Crippen LogP contribution is 2.40. The molecule has 0 unspecified atom stereocenters. The van der Waals surface area contributed by atoms with Crippen molar-refractivity contribution in [3.05, 3.63) is 42.1 Å². The Kier molecular flexibility index (Phi) is 10.0. The van der Waals surface area contributed by atoms with Crippen LogP contribution in [-0.2, 0) is 4.79 Å². The van der Waals surface area contributed by atoms with Gasteiger partial charge < -0.3 is 24.8 Å². The minimum atomic E-state index is -4.20. The van der Waals surface area contributed by atoms with Crippen LogP contribution in [0.5, 0.6) is 5.75 Å². The molecule has 2 aromatic rings. The first-order valence-electron chi connectivity index (χ1n) is 15.9. The van der Waals surface area contributed by atoms with Crippen molar-refractivity contribution in [1.29, 1.82) is 0 Å². The van der Waals surface area contributed by atoms with Gasteiger partial charge in [0, 0.05) is 49.7 Å². The number of rotatable bonds is 8. The van der Waals surface area contributed by atoms with Gasteiger partial charge in [0.1, 0.15) is 5.75 Å². The maximum atomic E-state index is 13.8. The summed E-state index contributed by atoms with van der Waals surface area (Å²) in [6, 6.07) is 11.5. The zero-order valence-electron chi connectivity index (χ0n) is 25.9. The monoisotopic (exact) mass is 615 g/mol. The summed E-state index contributed by atoms with van der Waals surface area (Å²) >= 11 is 0. The minimum absolute atomic E-state index is 0.0107. The number of benzene rings is 1. The zero-order valence-corrected chi connectivity index (χ0v) is 25.9. The number of nitrogens with zero attached hydrogens (tertiary/aromatic N) is 4. The number of hydrogen-bond donors (Lipinski definition) is 1. The second-order valence-electron chi connectivity index (χ2n) is 12.3. The van der Waals surface area contributed by atoms with Gasteiger partial charge in [0.05, 0.1) is 23.9 Å². The fraction of sp³-hybridized carbons (Fsp3) is 0.606. The van der Waals surface area contributed by atoms with Crippen LogP contribution in [0.3, 0.4) is 0 Å². The number of likely N-dealkylation sites (N-methyl/N-ethyl adjacent to an activating group) is 1. The predicted molar refractivity (Wildman–Crippen MR) is 164 cm³/mol. The Bertz CT molecular complexity index is 1310. The maximum Gasteiger partial charge on any atom is 0.391 e. The molecule has 1 saturated carbocycles. The molecule has 44 heavy (non-hydrogen) atoms. The van der Waals surface area contributed by atoms with E-state index in [2.05, 4.69) is 22.0 Å². The fourth-order valence-corrected chi connectivity index (χ4v) is 6.91. The maximum absolute atomic E-state index is 13.8. The lowest BCUT2D eigenvalue weighted by atomic mass is 9.81. The van der Waals surface area contributed by atoms with Crippen molar-refractivity contribution >= 4 is 17.5 Å². The highest BCUT2D eigenvalue weighted by Gasteiger charge is 2.43. The number of amides is 2. The van der Waals surface area contributed by atoms with Crippen molar-refractivity contribution in [2.75, 3.05) is 51.3 Å². The van der Waals surface area contributed by atoms with Gasteiger partial charge in [0.25, 0.3) is 5.91 Å². The molecule has 1 N–H and O–H groups in total. The van der Waals surface area contributed by atoms with E-state index in [1.165, 1.54) is 0 Å². The first-order chi connectivity index (χ1) is 21.1. The number of para-hydroxylation sites is 1. The zero-order chi connectivity index (χ0) is 31.4. The molecule has 1 aromatic heterocycles. The van der Waals surface area contributed by atoms with Gasteiger partial charge in [0.2, 0.25) is 5.91 Å². The number of carbonyl (C=O) groups excluding carboxylic acids is 2. The normalized spacial score (nSPS) is 24.8. The number of halogens is 3. The SMILES string of the molecule is CCOc1ccccc1-c1ccc(N2CCN(C(=O)C3CCC(C(F)(F)F)CC3)C[C@H]2CC)c(C(=O)N[C@@H]2CCN(C)C2)n1. The van der Waals surface area contributed by atoms with Gasteiger partial charge in [-0.2, -0.15) is 13.2 Å². The second kappa shape index (κ2) is 13.7. The molecular weight excluding hydrogens is 571 g/mol. The first kappa shape index (κ1) is 32.1. The van der Waals surface area contributed by atoms with Gasteiger partial charge in [-0.1, -0.05) is 19.1 Å². The van der Waals surface area contributed by atoms with E-state index in [-0.39, 0.29) is 55.5 Å². The molecule has 2 aliphatic heterocycles. The van der Waals surface area contributed by atoms with Crippen LogP contribution >= 0.6 is 0 Å². The van der Waals surface area contributed by atoms with Crippen LogP contribution in [0.2, 0.25) is 0 Å². The lowest BCUT2D eigenvalue weighted by Gasteiger charge is -2.44. The Morgan fingerprint density at radius 2 is 1.73 bits per heavy atom. The van der Waals surface area contributed by atoms with E-state index >= 15 is 0 Å². The second-order valence-corrected chi connectivity index (χ2v) is 12.3. The molecule has 3 fully saturated rings. The van der Waals surface area contributed by atoms with Gasteiger partial charge in [0.15, 0.2) is 5.69 Å². The minimum Gasteiger partial charge on any atom is -0.493 e. The first-order valence-corrected chi connectivity index (χ1v) is 15.9. The third kappa shape index (κ3) is 7.14. The van der Waals surface area contributed by atoms with Crippen molar-refractivity contribution in [1.82, 2.24) is 20.1 Å². The van der Waals surface area contributed by atoms with Crippen LogP contribution in [0.25, 0.3) is 11.3 Å². The van der Waals surface area contributed by atoms with Gasteiger partial charge in [-0.3, -0.25) is 9.59 Å². The number of alkyl halides is 3. The van der Waals surface area contributed by atoms with E-state index in [4.69, 9.17) is 9.72 Å². The van der Waals surface area contributed by atoms with E-state index in [1.54, 1.807) is 0 Å². The Morgan fingerprint density at radius 3 is 2.39 bits per heavy atom. The lowest BCUT2D eigenvalue weighted by Crippen LogP contribution is -2.56. The fourth-order valence-electron chi connectivity index (χ4n) is 6.91. The smallest absolute Gasteiger partial charge is 0.391 e. The molecule has 1 aromatic carbocycles. The van der Waals surface area contributed by atoms with Crippen molar-refractivity contribution in [2.45, 2.75) is 70.6 Å². The molecule has 2 saturated heterocycles. The molecule has 11 heteroatoms. The Balaban J connectivity index is 1.38. The molecule has 0 radical (unpaired) electrons. The predicted octanol–water partition coefficient (Wildman–Crippen LogP) is 5.38. The molecule has 8 nitrogen and oxygen atoms in total. The molecule has 3 heterocycles. The average molecular weight is 616 g/mol. The highest BCUT2D eigenvalue weighted by atomic mass is 19.4. The standard InChI is InChI=1S/C33H44F3N5O3/c1-4-25-21-40(32(43)22-10-12-23(13-11-22)33(34,35)36)18-19-41(25)28-15-14-27(26-8-6-7-9-29(26)44-5-2)38-30(28)31(42)37-24-16-17-39(3)20-24/h6-9,14-15,22-25H,4-5,10-13,16-21H2,1-3H3,(H,37,42)/t22?,23?,24-,25-/m1/s1. The number of hydrogen-bond acceptors (Lipinski definition) is 6. The number of aromatic nitrogens is 1.